The first-order valence-corrected chi connectivity index (χ1v) is 13.7. The lowest BCUT2D eigenvalue weighted by Crippen LogP contribution is -2.22. The SMILES string of the molecule is CC(C)c1nc(C(C)(F)F)cn1-c1ccc2nn(COCC[Si](C)(C)C)cc2c1. The molecule has 0 aliphatic rings. The second-order valence-corrected chi connectivity index (χ2v) is 14.8. The molecule has 0 aliphatic heterocycles. The van der Waals surface area contributed by atoms with E-state index in [0.29, 0.717) is 12.6 Å². The number of rotatable bonds is 8. The topological polar surface area (TPSA) is 44.9 Å². The molecule has 0 unspecified atom stereocenters. The summed E-state index contributed by atoms with van der Waals surface area (Å²) < 4.78 is 36.9. The summed E-state index contributed by atoms with van der Waals surface area (Å²) in [5.74, 6) is -2.34. The van der Waals surface area contributed by atoms with Gasteiger partial charge in [-0.05, 0) is 24.2 Å². The molecule has 3 rings (SSSR count). The molecule has 0 radical (unpaired) electrons. The van der Waals surface area contributed by atoms with Crippen LogP contribution in [0.15, 0.2) is 30.6 Å². The Morgan fingerprint density at radius 3 is 2.52 bits per heavy atom. The molecule has 3 aromatic rings. The molecule has 0 aliphatic carbocycles. The van der Waals surface area contributed by atoms with Crippen molar-refractivity contribution in [3.05, 3.63) is 42.1 Å². The number of nitrogens with zero attached hydrogens (tertiary/aromatic N) is 4. The Bertz CT molecular complexity index is 983. The molecule has 0 bridgehead atoms. The van der Waals surface area contributed by atoms with E-state index in [1.54, 1.807) is 9.25 Å². The Morgan fingerprint density at radius 2 is 1.90 bits per heavy atom. The molecule has 1 aromatic carbocycles. The Balaban J connectivity index is 1.84. The molecule has 0 fully saturated rings. The van der Waals surface area contributed by atoms with Crippen molar-refractivity contribution >= 4 is 19.0 Å². The number of aromatic nitrogens is 4. The number of imidazole rings is 1. The molecule has 0 N–H and O–H groups in total. The Hall–Kier alpha value is -2.06. The highest BCUT2D eigenvalue weighted by Gasteiger charge is 2.29. The van der Waals surface area contributed by atoms with Gasteiger partial charge < -0.3 is 9.30 Å². The molecule has 0 saturated carbocycles. The second-order valence-electron chi connectivity index (χ2n) is 9.16. The lowest BCUT2D eigenvalue weighted by atomic mass is 10.2. The molecular formula is C21H30F2N4OSi. The Kier molecular flexibility index (Phi) is 5.96. The van der Waals surface area contributed by atoms with Crippen LogP contribution in [0.1, 0.15) is 38.2 Å². The Morgan fingerprint density at radius 1 is 1.17 bits per heavy atom. The Labute approximate surface area is 171 Å². The highest BCUT2D eigenvalue weighted by Crippen LogP contribution is 2.30. The first-order valence-electron chi connectivity index (χ1n) is 9.97. The van der Waals surface area contributed by atoms with E-state index in [4.69, 9.17) is 4.74 Å². The number of hydrogen-bond acceptors (Lipinski definition) is 3. The van der Waals surface area contributed by atoms with E-state index >= 15 is 0 Å². The summed E-state index contributed by atoms with van der Waals surface area (Å²) in [6.07, 6.45) is 3.36. The van der Waals surface area contributed by atoms with Crippen LogP contribution in [0, 0.1) is 0 Å². The van der Waals surface area contributed by atoms with Crippen molar-refractivity contribution < 1.29 is 13.5 Å². The van der Waals surface area contributed by atoms with Gasteiger partial charge in [-0.25, -0.2) is 9.67 Å². The zero-order valence-electron chi connectivity index (χ0n) is 18.0. The summed E-state index contributed by atoms with van der Waals surface area (Å²) >= 11 is 0. The molecule has 2 heterocycles. The normalized spacial score (nSPS) is 13.0. The number of ether oxygens (including phenoxy) is 1. The zero-order valence-corrected chi connectivity index (χ0v) is 19.0. The van der Waals surface area contributed by atoms with Crippen molar-refractivity contribution in [3.63, 3.8) is 0 Å². The van der Waals surface area contributed by atoms with E-state index in [0.717, 1.165) is 36.2 Å². The van der Waals surface area contributed by atoms with Crippen molar-refractivity contribution in [3.8, 4) is 5.69 Å². The van der Waals surface area contributed by atoms with Crippen molar-refractivity contribution in [1.82, 2.24) is 19.3 Å². The van der Waals surface area contributed by atoms with Crippen LogP contribution in [0.4, 0.5) is 8.78 Å². The van der Waals surface area contributed by atoms with Crippen molar-refractivity contribution in [1.29, 1.82) is 0 Å². The first-order chi connectivity index (χ1) is 13.4. The van der Waals surface area contributed by atoms with Gasteiger partial charge in [-0.2, -0.15) is 13.9 Å². The fraction of sp³-hybridized carbons (Fsp3) is 0.524. The van der Waals surface area contributed by atoms with Crippen molar-refractivity contribution in [2.24, 2.45) is 0 Å². The van der Waals surface area contributed by atoms with Gasteiger partial charge >= 0.3 is 0 Å². The van der Waals surface area contributed by atoms with E-state index < -0.39 is 14.0 Å². The van der Waals surface area contributed by atoms with Crippen LogP contribution >= 0.6 is 0 Å². The third kappa shape index (κ3) is 5.30. The fourth-order valence-electron chi connectivity index (χ4n) is 3.04. The highest BCUT2D eigenvalue weighted by molar-refractivity contribution is 6.76. The maximum Gasteiger partial charge on any atom is 0.288 e. The van der Waals surface area contributed by atoms with E-state index in [-0.39, 0.29) is 11.6 Å². The van der Waals surface area contributed by atoms with Crippen LogP contribution in [0.3, 0.4) is 0 Å². The summed E-state index contributed by atoms with van der Waals surface area (Å²) in [5.41, 5.74) is 1.42. The van der Waals surface area contributed by atoms with Gasteiger partial charge in [0, 0.05) is 51.0 Å². The minimum absolute atomic E-state index is 0.0179. The number of hydrogen-bond donors (Lipinski definition) is 0. The van der Waals surface area contributed by atoms with Crippen molar-refractivity contribution in [2.75, 3.05) is 6.61 Å². The summed E-state index contributed by atoms with van der Waals surface area (Å²) in [4.78, 5) is 4.19. The van der Waals surface area contributed by atoms with Crippen LogP contribution in [-0.2, 0) is 17.4 Å². The van der Waals surface area contributed by atoms with Gasteiger partial charge in [0.2, 0.25) is 0 Å². The predicted octanol–water partition coefficient (Wildman–Crippen LogP) is 5.77. The van der Waals surface area contributed by atoms with Crippen LogP contribution < -0.4 is 0 Å². The number of benzene rings is 1. The monoisotopic (exact) mass is 420 g/mol. The zero-order chi connectivity index (χ0) is 21.4. The third-order valence-electron chi connectivity index (χ3n) is 4.73. The third-order valence-corrected chi connectivity index (χ3v) is 6.44. The minimum atomic E-state index is -2.98. The molecule has 2 aromatic heterocycles. The van der Waals surface area contributed by atoms with Crippen molar-refractivity contribution in [2.45, 2.75) is 65.0 Å². The van der Waals surface area contributed by atoms with Crippen LogP contribution in [0.5, 0.6) is 0 Å². The molecular weight excluding hydrogens is 390 g/mol. The van der Waals surface area contributed by atoms with Gasteiger partial charge in [0.15, 0.2) is 0 Å². The summed E-state index contributed by atoms with van der Waals surface area (Å²) in [5, 5.41) is 5.48. The lowest BCUT2D eigenvalue weighted by molar-refractivity contribution is 0.0130. The summed E-state index contributed by atoms with van der Waals surface area (Å²) in [7, 11) is -1.12. The average Bonchev–Trinajstić information content (AvgIpc) is 3.20. The van der Waals surface area contributed by atoms with Gasteiger partial charge in [0.1, 0.15) is 18.2 Å². The largest absolute Gasteiger partial charge is 0.360 e. The quantitative estimate of drug-likeness (QED) is 0.343. The van der Waals surface area contributed by atoms with E-state index in [2.05, 4.69) is 29.7 Å². The molecule has 0 amide bonds. The second kappa shape index (κ2) is 7.99. The standard InChI is InChI=1S/C21H30F2N4OSi/c1-15(2)20-24-19(21(3,22)23)13-27(20)17-7-8-18-16(11-17)12-26(25-18)14-28-9-10-29(4,5)6/h7-8,11-13,15H,9-10,14H2,1-6H3. The summed E-state index contributed by atoms with van der Waals surface area (Å²) in [6, 6.07) is 6.85. The fourth-order valence-corrected chi connectivity index (χ4v) is 3.79. The molecule has 158 valence electrons. The van der Waals surface area contributed by atoms with Crippen LogP contribution in [0.25, 0.3) is 16.6 Å². The number of fused-ring (bicyclic) bond motifs is 1. The van der Waals surface area contributed by atoms with Gasteiger partial charge in [0.25, 0.3) is 5.92 Å². The predicted molar refractivity (Wildman–Crippen MR) is 115 cm³/mol. The van der Waals surface area contributed by atoms with Gasteiger partial charge in [-0.3, -0.25) is 0 Å². The molecule has 0 saturated heterocycles. The summed E-state index contributed by atoms with van der Waals surface area (Å²) in [6.45, 7) is 12.9. The van der Waals surface area contributed by atoms with Gasteiger partial charge in [-0.1, -0.05) is 33.5 Å². The van der Waals surface area contributed by atoms with Gasteiger partial charge in [-0.15, -0.1) is 0 Å². The molecule has 0 spiro atoms. The lowest BCUT2D eigenvalue weighted by Gasteiger charge is -2.15. The molecule has 29 heavy (non-hydrogen) atoms. The highest BCUT2D eigenvalue weighted by atomic mass is 28.3. The maximum absolute atomic E-state index is 13.8. The average molecular weight is 421 g/mol. The number of alkyl halides is 2. The smallest absolute Gasteiger partial charge is 0.288 e. The van der Waals surface area contributed by atoms with E-state index in [1.165, 1.54) is 6.20 Å². The van der Waals surface area contributed by atoms with Crippen LogP contribution in [0.2, 0.25) is 25.7 Å². The van der Waals surface area contributed by atoms with Gasteiger partial charge in [0.05, 0.1) is 5.52 Å². The van der Waals surface area contributed by atoms with E-state index in [9.17, 15) is 8.78 Å². The number of halogens is 2. The maximum atomic E-state index is 13.8. The molecule has 8 heteroatoms. The minimum Gasteiger partial charge on any atom is -0.360 e. The molecule has 5 nitrogen and oxygen atoms in total. The van der Waals surface area contributed by atoms with E-state index in [1.807, 2.05) is 38.2 Å². The van der Waals surface area contributed by atoms with Crippen LogP contribution in [-0.4, -0.2) is 34.0 Å². The first kappa shape index (κ1) is 21.6. The molecule has 0 atom stereocenters.